The molecule has 0 spiro atoms. The van der Waals surface area contributed by atoms with Crippen LogP contribution in [0.4, 0.5) is 5.69 Å². The van der Waals surface area contributed by atoms with Crippen LogP contribution in [0.3, 0.4) is 0 Å². The number of carbonyl (C=O) groups is 1. The van der Waals surface area contributed by atoms with Crippen molar-refractivity contribution in [1.29, 1.82) is 0 Å². The Kier molecular flexibility index (Phi) is 5.24. The Morgan fingerprint density at radius 3 is 2.88 bits per heavy atom. The molecule has 0 saturated heterocycles. The highest BCUT2D eigenvalue weighted by molar-refractivity contribution is 8.14. The minimum atomic E-state index is -0.484. The van der Waals surface area contributed by atoms with Crippen molar-refractivity contribution in [3.63, 3.8) is 0 Å². The topological polar surface area (TPSA) is 73.9 Å². The fraction of sp³-hybridized carbons (Fsp3) is 0.600. The summed E-state index contributed by atoms with van der Waals surface area (Å²) >= 11 is 1.68. The zero-order chi connectivity index (χ0) is 18.9. The Morgan fingerprint density at radius 2 is 2.19 bits per heavy atom. The summed E-state index contributed by atoms with van der Waals surface area (Å²) in [5, 5.41) is 0.849. The molecule has 5 nitrogen and oxygen atoms in total. The third-order valence-corrected chi connectivity index (χ3v) is 6.10. The zero-order valence-corrected chi connectivity index (χ0v) is 16.8. The number of carbonyl (C=O) groups excluding carboxylic acids is 1. The number of esters is 1. The van der Waals surface area contributed by atoms with Gasteiger partial charge in [-0.25, -0.2) is 0 Å². The number of anilines is 1. The molecular weight excluding hydrogens is 348 g/mol. The average molecular weight is 377 g/mol. The van der Waals surface area contributed by atoms with Crippen molar-refractivity contribution >= 4 is 28.5 Å². The smallest absolute Gasteiger partial charge is 0.312 e. The van der Waals surface area contributed by atoms with Crippen LogP contribution in [0.15, 0.2) is 23.2 Å². The van der Waals surface area contributed by atoms with E-state index in [1.807, 2.05) is 39.0 Å². The molecule has 3 rings (SSSR count). The number of rotatable bonds is 4. The zero-order valence-electron chi connectivity index (χ0n) is 16.0. The number of nitrogen functional groups attached to an aromatic ring is 1. The Morgan fingerprint density at radius 1 is 1.42 bits per heavy atom. The molecule has 1 aliphatic heterocycles. The number of hydrogen-bond donors (Lipinski definition) is 1. The fourth-order valence-electron chi connectivity index (χ4n) is 3.95. The molecule has 1 aromatic carbocycles. The number of thioether (sulfide) groups is 1. The molecule has 2 atom stereocenters. The maximum absolute atomic E-state index is 12.3. The van der Waals surface area contributed by atoms with E-state index in [4.69, 9.17) is 20.2 Å². The van der Waals surface area contributed by atoms with Crippen LogP contribution in [-0.4, -0.2) is 29.5 Å². The fourth-order valence-corrected chi connectivity index (χ4v) is 5.23. The summed E-state index contributed by atoms with van der Waals surface area (Å²) in [6, 6.07) is 5.76. The van der Waals surface area contributed by atoms with Crippen molar-refractivity contribution in [3.8, 4) is 5.75 Å². The van der Waals surface area contributed by atoms with Gasteiger partial charge in [0.05, 0.1) is 24.1 Å². The van der Waals surface area contributed by atoms with Crippen LogP contribution in [-0.2, 0) is 15.1 Å². The molecular formula is C20H28N2O3S. The van der Waals surface area contributed by atoms with Crippen LogP contribution in [0.5, 0.6) is 5.75 Å². The molecule has 1 heterocycles. The van der Waals surface area contributed by atoms with Gasteiger partial charge in [-0.05, 0) is 57.7 Å². The van der Waals surface area contributed by atoms with Gasteiger partial charge in [0.25, 0.3) is 0 Å². The molecule has 2 N–H and O–H groups in total. The van der Waals surface area contributed by atoms with Crippen molar-refractivity contribution in [2.24, 2.45) is 10.9 Å². The molecule has 0 bridgehead atoms. The summed E-state index contributed by atoms with van der Waals surface area (Å²) in [5.74, 6) is 1.98. The third kappa shape index (κ3) is 3.85. The second-order valence-corrected chi connectivity index (χ2v) is 9.15. The average Bonchev–Trinajstić information content (AvgIpc) is 2.97. The number of methoxy groups -OCH3 is 1. The molecule has 1 fully saturated rings. The lowest BCUT2D eigenvalue weighted by Crippen LogP contribution is -2.36. The van der Waals surface area contributed by atoms with E-state index in [0.717, 1.165) is 41.4 Å². The van der Waals surface area contributed by atoms with Crippen molar-refractivity contribution in [3.05, 3.63) is 23.8 Å². The summed E-state index contributed by atoms with van der Waals surface area (Å²) in [6.07, 6.45) is 3.43. The molecule has 0 amide bonds. The standard InChI is InChI=1S/C20H28N2O3S/c1-19(2,3)25-18(23)11-17-22-20(9-5-6-13(20)12-26-17)15-10-14(21)7-8-16(15)24-4/h7-8,10,13H,5-6,9,11-12,21H2,1-4H3/t13-,20-/m0/s1. The van der Waals surface area contributed by atoms with Gasteiger partial charge < -0.3 is 15.2 Å². The van der Waals surface area contributed by atoms with E-state index in [1.165, 1.54) is 0 Å². The Labute approximate surface area is 159 Å². The highest BCUT2D eigenvalue weighted by Gasteiger charge is 2.48. The molecule has 0 aromatic heterocycles. The largest absolute Gasteiger partial charge is 0.496 e. The van der Waals surface area contributed by atoms with Gasteiger partial charge in [-0.3, -0.25) is 9.79 Å². The van der Waals surface area contributed by atoms with Crippen LogP contribution >= 0.6 is 11.8 Å². The quantitative estimate of drug-likeness (QED) is 0.631. The molecule has 6 heteroatoms. The molecule has 0 radical (unpaired) electrons. The van der Waals surface area contributed by atoms with E-state index in [0.29, 0.717) is 11.6 Å². The normalized spacial score (nSPS) is 25.4. The number of aliphatic imine (C=N–C) groups is 1. The maximum atomic E-state index is 12.3. The van der Waals surface area contributed by atoms with E-state index in [9.17, 15) is 4.79 Å². The van der Waals surface area contributed by atoms with Gasteiger partial charge in [0.15, 0.2) is 0 Å². The first-order valence-corrected chi connectivity index (χ1v) is 10.1. The summed E-state index contributed by atoms with van der Waals surface area (Å²) < 4.78 is 11.1. The first-order chi connectivity index (χ1) is 12.2. The molecule has 142 valence electrons. The summed E-state index contributed by atoms with van der Waals surface area (Å²) in [5.41, 5.74) is 7.00. The van der Waals surface area contributed by atoms with Gasteiger partial charge in [-0.2, -0.15) is 0 Å². The van der Waals surface area contributed by atoms with Gasteiger partial charge >= 0.3 is 5.97 Å². The lowest BCUT2D eigenvalue weighted by atomic mass is 9.80. The van der Waals surface area contributed by atoms with Gasteiger partial charge in [-0.15, -0.1) is 11.8 Å². The number of ether oxygens (including phenoxy) is 2. The monoisotopic (exact) mass is 376 g/mol. The first kappa shape index (κ1) is 19.1. The second-order valence-electron chi connectivity index (χ2n) is 8.05. The number of benzene rings is 1. The summed E-state index contributed by atoms with van der Waals surface area (Å²) in [6.45, 7) is 5.65. The van der Waals surface area contributed by atoms with Crippen LogP contribution in [0.25, 0.3) is 0 Å². The SMILES string of the molecule is COc1ccc(N)cc1[C@]12CCC[C@H]1CSC(CC(=O)OC(C)(C)C)=N2. The van der Waals surface area contributed by atoms with Crippen LogP contribution in [0, 0.1) is 5.92 Å². The highest BCUT2D eigenvalue weighted by Crippen LogP contribution is 2.53. The molecule has 1 aromatic rings. The maximum Gasteiger partial charge on any atom is 0.312 e. The van der Waals surface area contributed by atoms with Crippen LogP contribution in [0.1, 0.15) is 52.0 Å². The van der Waals surface area contributed by atoms with Crippen molar-refractivity contribution in [2.45, 2.75) is 57.6 Å². The summed E-state index contributed by atoms with van der Waals surface area (Å²) in [4.78, 5) is 17.4. The van der Waals surface area contributed by atoms with E-state index in [-0.39, 0.29) is 17.9 Å². The first-order valence-electron chi connectivity index (χ1n) is 9.11. The summed E-state index contributed by atoms with van der Waals surface area (Å²) in [7, 11) is 1.68. The molecule has 1 aliphatic carbocycles. The minimum Gasteiger partial charge on any atom is -0.496 e. The van der Waals surface area contributed by atoms with E-state index >= 15 is 0 Å². The van der Waals surface area contributed by atoms with Crippen molar-refractivity contribution < 1.29 is 14.3 Å². The third-order valence-electron chi connectivity index (χ3n) is 4.97. The Hall–Kier alpha value is -1.69. The van der Waals surface area contributed by atoms with E-state index < -0.39 is 5.60 Å². The lowest BCUT2D eigenvalue weighted by Gasteiger charge is -2.37. The van der Waals surface area contributed by atoms with Gasteiger partial charge in [0, 0.05) is 17.0 Å². The van der Waals surface area contributed by atoms with Crippen LogP contribution in [0.2, 0.25) is 0 Å². The number of nitrogens with two attached hydrogens (primary N) is 1. The van der Waals surface area contributed by atoms with Gasteiger partial charge in [0.1, 0.15) is 11.4 Å². The Balaban J connectivity index is 1.95. The number of fused-ring (bicyclic) bond motifs is 1. The van der Waals surface area contributed by atoms with Gasteiger partial charge in [-0.1, -0.05) is 6.42 Å². The minimum absolute atomic E-state index is 0.223. The lowest BCUT2D eigenvalue weighted by molar-refractivity contribution is -0.153. The molecule has 26 heavy (non-hydrogen) atoms. The molecule has 2 aliphatic rings. The molecule has 0 unspecified atom stereocenters. The van der Waals surface area contributed by atoms with E-state index in [1.54, 1.807) is 18.9 Å². The molecule has 1 saturated carbocycles. The van der Waals surface area contributed by atoms with Crippen molar-refractivity contribution in [2.75, 3.05) is 18.6 Å². The van der Waals surface area contributed by atoms with E-state index in [2.05, 4.69) is 0 Å². The number of hydrogen-bond acceptors (Lipinski definition) is 6. The predicted molar refractivity (Wildman–Crippen MR) is 107 cm³/mol. The predicted octanol–water partition coefficient (Wildman–Crippen LogP) is 4.15. The highest BCUT2D eigenvalue weighted by atomic mass is 32.2. The Bertz CT molecular complexity index is 726. The second kappa shape index (κ2) is 7.14. The number of nitrogens with zero attached hydrogens (tertiary/aromatic N) is 1. The van der Waals surface area contributed by atoms with Crippen molar-refractivity contribution in [1.82, 2.24) is 0 Å². The van der Waals surface area contributed by atoms with Crippen LogP contribution < -0.4 is 10.5 Å². The van der Waals surface area contributed by atoms with Gasteiger partial charge in [0.2, 0.25) is 0 Å².